The number of likely N-dealkylation sites (tertiary alicyclic amines) is 1. The number of rotatable bonds is 2. The molecule has 1 aromatic rings. The van der Waals surface area contributed by atoms with Crippen molar-refractivity contribution in [1.29, 1.82) is 0 Å². The van der Waals surface area contributed by atoms with Crippen LogP contribution in [0.3, 0.4) is 0 Å². The van der Waals surface area contributed by atoms with E-state index in [9.17, 15) is 9.59 Å². The van der Waals surface area contributed by atoms with Gasteiger partial charge in [0.25, 0.3) is 0 Å². The maximum absolute atomic E-state index is 13.0. The molecule has 2 N–H and O–H groups in total. The summed E-state index contributed by atoms with van der Waals surface area (Å²) in [7, 11) is 0. The Kier molecular flexibility index (Phi) is 4.30. The molecule has 26 heavy (non-hydrogen) atoms. The van der Waals surface area contributed by atoms with Gasteiger partial charge in [-0.05, 0) is 56.6 Å². The monoisotopic (exact) mass is 355 g/mol. The van der Waals surface area contributed by atoms with Crippen molar-refractivity contribution in [1.82, 2.24) is 4.90 Å². The van der Waals surface area contributed by atoms with Gasteiger partial charge in [-0.2, -0.15) is 0 Å². The number of hydrogen-bond donors (Lipinski definition) is 1. The van der Waals surface area contributed by atoms with Gasteiger partial charge in [-0.1, -0.05) is 17.7 Å². The number of aryl methyl sites for hydroxylation is 3. The standard InChI is InChI=1S/C21H29N3O2/c1-12-6-13(2)20(14(3)7-12)24-10-16(8-19(24)25)21(26)23-9-15-4-5-18(22)17(15)11-23/h6-7,15-18H,4-5,8-11,22H2,1-3H3. The number of anilines is 1. The minimum Gasteiger partial charge on any atom is -0.342 e. The molecule has 2 aliphatic heterocycles. The van der Waals surface area contributed by atoms with Crippen LogP contribution in [0.15, 0.2) is 12.1 Å². The third kappa shape index (κ3) is 2.82. The van der Waals surface area contributed by atoms with E-state index in [0.29, 0.717) is 24.8 Å². The second-order valence-corrected chi connectivity index (χ2v) is 8.56. The molecule has 2 amide bonds. The number of benzene rings is 1. The van der Waals surface area contributed by atoms with Crippen LogP contribution in [0, 0.1) is 38.5 Å². The van der Waals surface area contributed by atoms with Crippen LogP contribution in [0.25, 0.3) is 0 Å². The average Bonchev–Trinajstić information content (AvgIpc) is 3.23. The van der Waals surface area contributed by atoms with Gasteiger partial charge in [0, 0.05) is 37.8 Å². The summed E-state index contributed by atoms with van der Waals surface area (Å²) >= 11 is 0. The van der Waals surface area contributed by atoms with E-state index in [4.69, 9.17) is 5.73 Å². The summed E-state index contributed by atoms with van der Waals surface area (Å²) in [6, 6.07) is 4.44. The number of carbonyl (C=O) groups is 2. The third-order valence-electron chi connectivity index (χ3n) is 6.60. The zero-order chi connectivity index (χ0) is 18.6. The zero-order valence-corrected chi connectivity index (χ0v) is 16.0. The van der Waals surface area contributed by atoms with Crippen LogP contribution >= 0.6 is 0 Å². The SMILES string of the molecule is Cc1cc(C)c(N2CC(C(=O)N3CC4CCC(N)C4C3)CC2=O)c(C)c1. The van der Waals surface area contributed by atoms with Gasteiger partial charge >= 0.3 is 0 Å². The van der Waals surface area contributed by atoms with Crippen molar-refractivity contribution in [2.75, 3.05) is 24.5 Å². The molecule has 3 aliphatic rings. The highest BCUT2D eigenvalue weighted by atomic mass is 16.2. The van der Waals surface area contributed by atoms with E-state index in [0.717, 1.165) is 42.7 Å². The van der Waals surface area contributed by atoms with Crippen molar-refractivity contribution < 1.29 is 9.59 Å². The molecular weight excluding hydrogens is 326 g/mol. The molecule has 5 nitrogen and oxygen atoms in total. The summed E-state index contributed by atoms with van der Waals surface area (Å²) in [6.45, 7) is 8.25. The molecule has 2 saturated heterocycles. The fraction of sp³-hybridized carbons (Fsp3) is 0.619. The van der Waals surface area contributed by atoms with E-state index >= 15 is 0 Å². The summed E-state index contributed by atoms with van der Waals surface area (Å²) in [5, 5.41) is 0. The molecule has 1 aliphatic carbocycles. The summed E-state index contributed by atoms with van der Waals surface area (Å²) < 4.78 is 0. The van der Waals surface area contributed by atoms with Crippen molar-refractivity contribution in [3.8, 4) is 0 Å². The van der Waals surface area contributed by atoms with Crippen molar-refractivity contribution in [2.24, 2.45) is 23.5 Å². The van der Waals surface area contributed by atoms with Gasteiger partial charge in [0.2, 0.25) is 11.8 Å². The first-order valence-electron chi connectivity index (χ1n) is 9.77. The van der Waals surface area contributed by atoms with E-state index in [-0.39, 0.29) is 23.8 Å². The summed E-state index contributed by atoms with van der Waals surface area (Å²) in [5.41, 5.74) is 10.6. The third-order valence-corrected chi connectivity index (χ3v) is 6.60. The lowest BCUT2D eigenvalue weighted by atomic mass is 9.98. The molecule has 4 unspecified atom stereocenters. The van der Waals surface area contributed by atoms with Crippen molar-refractivity contribution >= 4 is 17.5 Å². The number of nitrogens with two attached hydrogens (primary N) is 1. The number of hydrogen-bond acceptors (Lipinski definition) is 3. The predicted molar refractivity (Wildman–Crippen MR) is 102 cm³/mol. The van der Waals surface area contributed by atoms with Crippen LogP contribution in [0.5, 0.6) is 0 Å². The molecule has 0 bridgehead atoms. The maximum atomic E-state index is 13.0. The predicted octanol–water partition coefficient (Wildman–Crippen LogP) is 2.16. The topological polar surface area (TPSA) is 66.6 Å². The molecule has 0 spiro atoms. The van der Waals surface area contributed by atoms with E-state index in [1.54, 1.807) is 0 Å². The minimum absolute atomic E-state index is 0.0643. The number of fused-ring (bicyclic) bond motifs is 1. The summed E-state index contributed by atoms with van der Waals surface area (Å²) in [4.78, 5) is 29.5. The first-order valence-corrected chi connectivity index (χ1v) is 9.77. The van der Waals surface area contributed by atoms with Gasteiger partial charge in [-0.15, -0.1) is 0 Å². The van der Waals surface area contributed by atoms with Crippen LogP contribution in [-0.2, 0) is 9.59 Å². The fourth-order valence-corrected chi connectivity index (χ4v) is 5.43. The Labute approximate surface area is 155 Å². The number of nitrogens with zero attached hydrogens (tertiary/aromatic N) is 2. The Morgan fingerprint density at radius 1 is 1.08 bits per heavy atom. The lowest BCUT2D eigenvalue weighted by Gasteiger charge is -2.24. The molecule has 140 valence electrons. The Morgan fingerprint density at radius 3 is 2.42 bits per heavy atom. The van der Waals surface area contributed by atoms with Crippen LogP contribution in [0.4, 0.5) is 5.69 Å². The molecule has 2 heterocycles. The molecule has 5 heteroatoms. The molecule has 4 atom stereocenters. The lowest BCUT2D eigenvalue weighted by molar-refractivity contribution is -0.135. The van der Waals surface area contributed by atoms with E-state index in [2.05, 4.69) is 19.1 Å². The molecule has 4 rings (SSSR count). The van der Waals surface area contributed by atoms with Crippen molar-refractivity contribution in [3.05, 3.63) is 28.8 Å². The van der Waals surface area contributed by atoms with E-state index in [1.165, 1.54) is 5.56 Å². The largest absolute Gasteiger partial charge is 0.342 e. The first-order chi connectivity index (χ1) is 12.3. The molecule has 0 aromatic heterocycles. The van der Waals surface area contributed by atoms with Crippen molar-refractivity contribution in [2.45, 2.75) is 46.1 Å². The average molecular weight is 355 g/mol. The maximum Gasteiger partial charge on any atom is 0.228 e. The van der Waals surface area contributed by atoms with E-state index < -0.39 is 0 Å². The van der Waals surface area contributed by atoms with Crippen molar-refractivity contribution in [3.63, 3.8) is 0 Å². The van der Waals surface area contributed by atoms with Crippen LogP contribution in [0.2, 0.25) is 0 Å². The quantitative estimate of drug-likeness (QED) is 0.884. The fourth-order valence-electron chi connectivity index (χ4n) is 5.43. The van der Waals surface area contributed by atoms with E-state index in [1.807, 2.05) is 23.6 Å². The smallest absolute Gasteiger partial charge is 0.228 e. The second-order valence-electron chi connectivity index (χ2n) is 8.56. The Balaban J connectivity index is 1.49. The van der Waals surface area contributed by atoms with Crippen LogP contribution in [0.1, 0.15) is 36.0 Å². The van der Waals surface area contributed by atoms with Gasteiger partial charge in [-0.25, -0.2) is 0 Å². The minimum atomic E-state index is -0.224. The van der Waals surface area contributed by atoms with Crippen LogP contribution in [-0.4, -0.2) is 42.4 Å². The normalized spacial score (nSPS) is 31.0. The van der Waals surface area contributed by atoms with Gasteiger partial charge < -0.3 is 15.5 Å². The highest BCUT2D eigenvalue weighted by molar-refractivity contribution is 6.01. The van der Waals surface area contributed by atoms with Gasteiger partial charge in [-0.3, -0.25) is 9.59 Å². The Bertz CT molecular complexity index is 737. The zero-order valence-electron chi connectivity index (χ0n) is 16.0. The van der Waals surface area contributed by atoms with Crippen LogP contribution < -0.4 is 10.6 Å². The van der Waals surface area contributed by atoms with Gasteiger partial charge in [0.1, 0.15) is 0 Å². The highest BCUT2D eigenvalue weighted by Gasteiger charge is 2.45. The van der Waals surface area contributed by atoms with Gasteiger partial charge in [0.05, 0.1) is 5.92 Å². The molecular formula is C21H29N3O2. The summed E-state index contributed by atoms with van der Waals surface area (Å²) in [5.74, 6) is 0.995. The first kappa shape index (κ1) is 17.5. The second kappa shape index (κ2) is 6.38. The number of amides is 2. The summed E-state index contributed by atoms with van der Waals surface area (Å²) in [6.07, 6.45) is 2.54. The Hall–Kier alpha value is -1.88. The highest BCUT2D eigenvalue weighted by Crippen LogP contribution is 2.39. The molecule has 1 saturated carbocycles. The molecule has 0 radical (unpaired) electrons. The Morgan fingerprint density at radius 2 is 1.77 bits per heavy atom. The number of carbonyl (C=O) groups excluding carboxylic acids is 2. The molecule has 1 aromatic carbocycles. The lowest BCUT2D eigenvalue weighted by Crippen LogP contribution is -2.38. The molecule has 3 fully saturated rings. The van der Waals surface area contributed by atoms with Gasteiger partial charge in [0.15, 0.2) is 0 Å².